The standard InChI is InChI=1S/C12H21N3O/c1-5-7-9(3)16-12-8-11(13-6-2)14-10(4)15-12/h8-9H,5-7H2,1-4H3,(H,13,14,15). The van der Waals surface area contributed by atoms with Crippen molar-refractivity contribution in [3.63, 3.8) is 0 Å². The first-order valence-corrected chi connectivity index (χ1v) is 5.91. The number of hydrogen-bond acceptors (Lipinski definition) is 4. The third kappa shape index (κ3) is 4.04. The second kappa shape index (κ2) is 6.30. The maximum absolute atomic E-state index is 5.73. The highest BCUT2D eigenvalue weighted by Crippen LogP contribution is 2.15. The van der Waals surface area contributed by atoms with E-state index in [1.165, 1.54) is 0 Å². The molecule has 0 bridgehead atoms. The fourth-order valence-electron chi connectivity index (χ4n) is 1.54. The minimum Gasteiger partial charge on any atom is -0.475 e. The quantitative estimate of drug-likeness (QED) is 0.805. The van der Waals surface area contributed by atoms with Crippen molar-refractivity contribution in [2.75, 3.05) is 11.9 Å². The first-order valence-electron chi connectivity index (χ1n) is 5.91. The van der Waals surface area contributed by atoms with Gasteiger partial charge in [0.1, 0.15) is 11.6 Å². The molecule has 0 aliphatic rings. The average molecular weight is 223 g/mol. The fourth-order valence-corrected chi connectivity index (χ4v) is 1.54. The Bertz CT molecular complexity index is 328. The van der Waals surface area contributed by atoms with Crippen molar-refractivity contribution in [1.29, 1.82) is 0 Å². The van der Waals surface area contributed by atoms with Crippen molar-refractivity contribution >= 4 is 5.82 Å². The lowest BCUT2D eigenvalue weighted by molar-refractivity contribution is 0.201. The summed E-state index contributed by atoms with van der Waals surface area (Å²) < 4.78 is 5.73. The molecule has 0 fully saturated rings. The minimum atomic E-state index is 0.203. The Kier molecular flexibility index (Phi) is 5.02. The van der Waals surface area contributed by atoms with Crippen LogP contribution in [-0.4, -0.2) is 22.6 Å². The van der Waals surface area contributed by atoms with Crippen molar-refractivity contribution in [1.82, 2.24) is 9.97 Å². The molecule has 0 amide bonds. The monoisotopic (exact) mass is 223 g/mol. The van der Waals surface area contributed by atoms with Crippen LogP contribution in [-0.2, 0) is 0 Å². The highest BCUT2D eigenvalue weighted by molar-refractivity contribution is 5.38. The smallest absolute Gasteiger partial charge is 0.218 e. The Hall–Kier alpha value is -1.32. The third-order valence-corrected chi connectivity index (χ3v) is 2.19. The van der Waals surface area contributed by atoms with Crippen LogP contribution in [0.5, 0.6) is 5.88 Å². The number of aromatic nitrogens is 2. The van der Waals surface area contributed by atoms with Crippen LogP contribution in [0, 0.1) is 6.92 Å². The van der Waals surface area contributed by atoms with Gasteiger partial charge < -0.3 is 10.1 Å². The van der Waals surface area contributed by atoms with Crippen LogP contribution >= 0.6 is 0 Å². The van der Waals surface area contributed by atoms with Gasteiger partial charge in [0, 0.05) is 12.6 Å². The molecule has 1 rings (SSSR count). The summed E-state index contributed by atoms with van der Waals surface area (Å²) in [7, 11) is 0. The molecule has 0 aliphatic carbocycles. The van der Waals surface area contributed by atoms with Gasteiger partial charge in [0.2, 0.25) is 5.88 Å². The molecule has 90 valence electrons. The van der Waals surface area contributed by atoms with Gasteiger partial charge in [-0.3, -0.25) is 0 Å². The number of anilines is 1. The number of hydrogen-bond donors (Lipinski definition) is 1. The van der Waals surface area contributed by atoms with Gasteiger partial charge in [0.25, 0.3) is 0 Å². The molecule has 1 aromatic rings. The number of nitrogens with zero attached hydrogens (tertiary/aromatic N) is 2. The Labute approximate surface area is 97.5 Å². The summed E-state index contributed by atoms with van der Waals surface area (Å²) in [5, 5.41) is 3.16. The van der Waals surface area contributed by atoms with Gasteiger partial charge in [0.15, 0.2) is 0 Å². The van der Waals surface area contributed by atoms with E-state index in [0.29, 0.717) is 5.88 Å². The average Bonchev–Trinajstić information content (AvgIpc) is 2.17. The normalized spacial score (nSPS) is 12.2. The molecule has 1 unspecified atom stereocenters. The summed E-state index contributed by atoms with van der Waals surface area (Å²) in [6.07, 6.45) is 2.36. The van der Waals surface area contributed by atoms with Gasteiger partial charge in [-0.1, -0.05) is 13.3 Å². The predicted octanol–water partition coefficient (Wildman–Crippen LogP) is 2.78. The van der Waals surface area contributed by atoms with Gasteiger partial charge in [-0.15, -0.1) is 0 Å². The Morgan fingerprint density at radius 1 is 1.38 bits per heavy atom. The minimum absolute atomic E-state index is 0.203. The molecule has 0 radical (unpaired) electrons. The number of rotatable bonds is 6. The molecule has 4 nitrogen and oxygen atoms in total. The molecule has 0 saturated heterocycles. The SMILES string of the molecule is CCCC(C)Oc1cc(NCC)nc(C)n1. The number of nitrogens with one attached hydrogen (secondary N) is 1. The van der Waals surface area contributed by atoms with Crippen molar-refractivity contribution in [2.24, 2.45) is 0 Å². The molecule has 0 aromatic carbocycles. The van der Waals surface area contributed by atoms with E-state index in [4.69, 9.17) is 4.74 Å². The Balaban J connectivity index is 2.71. The zero-order chi connectivity index (χ0) is 12.0. The van der Waals surface area contributed by atoms with E-state index in [0.717, 1.165) is 31.0 Å². The number of aryl methyl sites for hydroxylation is 1. The van der Waals surface area contributed by atoms with Crippen molar-refractivity contribution in [3.05, 3.63) is 11.9 Å². The summed E-state index contributed by atoms with van der Waals surface area (Å²) in [6.45, 7) is 8.97. The first-order chi connectivity index (χ1) is 7.65. The van der Waals surface area contributed by atoms with Gasteiger partial charge in [-0.05, 0) is 27.2 Å². The lowest BCUT2D eigenvalue weighted by Gasteiger charge is -2.14. The highest BCUT2D eigenvalue weighted by Gasteiger charge is 2.06. The fraction of sp³-hybridized carbons (Fsp3) is 0.667. The van der Waals surface area contributed by atoms with Crippen LogP contribution in [0.25, 0.3) is 0 Å². The zero-order valence-electron chi connectivity index (χ0n) is 10.6. The molecule has 1 aromatic heterocycles. The largest absolute Gasteiger partial charge is 0.475 e. The predicted molar refractivity (Wildman–Crippen MR) is 65.9 cm³/mol. The van der Waals surface area contributed by atoms with Crippen LogP contribution in [0.1, 0.15) is 39.4 Å². The van der Waals surface area contributed by atoms with E-state index in [-0.39, 0.29) is 6.10 Å². The molecular weight excluding hydrogens is 202 g/mol. The summed E-state index contributed by atoms with van der Waals surface area (Å²) in [5.74, 6) is 2.22. The lowest BCUT2D eigenvalue weighted by atomic mass is 10.2. The molecule has 4 heteroatoms. The van der Waals surface area contributed by atoms with Crippen LogP contribution in [0.4, 0.5) is 5.82 Å². The molecule has 1 N–H and O–H groups in total. The van der Waals surface area contributed by atoms with Crippen molar-refractivity contribution in [2.45, 2.75) is 46.6 Å². The maximum atomic E-state index is 5.73. The summed E-state index contributed by atoms with van der Waals surface area (Å²) in [5.41, 5.74) is 0. The van der Waals surface area contributed by atoms with Gasteiger partial charge >= 0.3 is 0 Å². The summed E-state index contributed by atoms with van der Waals surface area (Å²) in [6, 6.07) is 1.85. The molecule has 0 saturated carbocycles. The molecule has 1 heterocycles. The van der Waals surface area contributed by atoms with Crippen LogP contribution in [0.15, 0.2) is 6.07 Å². The van der Waals surface area contributed by atoms with E-state index in [9.17, 15) is 0 Å². The van der Waals surface area contributed by atoms with E-state index in [2.05, 4.69) is 29.1 Å². The van der Waals surface area contributed by atoms with Gasteiger partial charge in [-0.25, -0.2) is 4.98 Å². The third-order valence-electron chi connectivity index (χ3n) is 2.19. The Morgan fingerprint density at radius 2 is 2.12 bits per heavy atom. The van der Waals surface area contributed by atoms with Gasteiger partial charge in [-0.2, -0.15) is 4.98 Å². The molecule has 0 spiro atoms. The van der Waals surface area contributed by atoms with Crippen LogP contribution < -0.4 is 10.1 Å². The zero-order valence-corrected chi connectivity index (χ0v) is 10.6. The van der Waals surface area contributed by atoms with Crippen molar-refractivity contribution < 1.29 is 4.74 Å². The van der Waals surface area contributed by atoms with E-state index < -0.39 is 0 Å². The molecule has 0 aliphatic heterocycles. The number of ether oxygens (including phenoxy) is 1. The summed E-state index contributed by atoms with van der Waals surface area (Å²) in [4.78, 5) is 8.54. The van der Waals surface area contributed by atoms with E-state index >= 15 is 0 Å². The molecule has 16 heavy (non-hydrogen) atoms. The highest BCUT2D eigenvalue weighted by atomic mass is 16.5. The lowest BCUT2D eigenvalue weighted by Crippen LogP contribution is -2.13. The molecular formula is C12H21N3O. The van der Waals surface area contributed by atoms with Gasteiger partial charge in [0.05, 0.1) is 6.10 Å². The second-order valence-corrected chi connectivity index (χ2v) is 3.89. The van der Waals surface area contributed by atoms with E-state index in [1.807, 2.05) is 19.9 Å². The Morgan fingerprint density at radius 3 is 2.75 bits per heavy atom. The van der Waals surface area contributed by atoms with Crippen LogP contribution in [0.2, 0.25) is 0 Å². The second-order valence-electron chi connectivity index (χ2n) is 3.89. The van der Waals surface area contributed by atoms with E-state index in [1.54, 1.807) is 0 Å². The molecule has 1 atom stereocenters. The topological polar surface area (TPSA) is 47.0 Å². The first kappa shape index (κ1) is 12.7. The van der Waals surface area contributed by atoms with Crippen molar-refractivity contribution in [3.8, 4) is 5.88 Å². The maximum Gasteiger partial charge on any atom is 0.218 e. The summed E-state index contributed by atoms with van der Waals surface area (Å²) >= 11 is 0. The van der Waals surface area contributed by atoms with Crippen LogP contribution in [0.3, 0.4) is 0 Å².